The fourth-order valence-electron chi connectivity index (χ4n) is 1.52. The molecule has 0 spiro atoms. The van der Waals surface area contributed by atoms with E-state index in [-0.39, 0.29) is 0 Å². The van der Waals surface area contributed by atoms with Gasteiger partial charge in [0, 0.05) is 19.3 Å². The Morgan fingerprint density at radius 3 is 1.08 bits per heavy atom. The second-order valence-corrected chi connectivity index (χ2v) is 5.19. The summed E-state index contributed by atoms with van der Waals surface area (Å²) in [5, 5.41) is 0. The lowest BCUT2D eigenvalue weighted by atomic mass is 9.92. The Morgan fingerprint density at radius 2 is 0.769 bits per heavy atom. The van der Waals surface area contributed by atoms with E-state index in [9.17, 15) is 65.9 Å². The third-order valence-electron chi connectivity index (χ3n) is 3.34. The minimum atomic E-state index is -7.76. The number of alkyl halides is 15. The minimum absolute atomic E-state index is 0.429. The van der Waals surface area contributed by atoms with Gasteiger partial charge in [0.25, 0.3) is 0 Å². The van der Waals surface area contributed by atoms with Crippen LogP contribution < -0.4 is 0 Å². The molecule has 0 aliphatic heterocycles. The first-order valence-electron chi connectivity index (χ1n) is 6.35. The molecule has 0 nitrogen and oxygen atoms in total. The third-order valence-corrected chi connectivity index (χ3v) is 3.34. The van der Waals surface area contributed by atoms with Crippen LogP contribution in [0.5, 0.6) is 0 Å². The van der Waals surface area contributed by atoms with Crippen LogP contribution in [0.15, 0.2) is 0 Å². The summed E-state index contributed by atoms with van der Waals surface area (Å²) in [4.78, 5) is 0. The Bertz CT molecular complexity index is 486. The van der Waals surface area contributed by atoms with Crippen molar-refractivity contribution in [1.82, 2.24) is 0 Å². The molecule has 0 amide bonds. The van der Waals surface area contributed by atoms with Gasteiger partial charge in [-0.2, -0.15) is 65.9 Å². The van der Waals surface area contributed by atoms with Crippen LogP contribution in [-0.2, 0) is 0 Å². The molecule has 0 aliphatic rings. The second-order valence-electron chi connectivity index (χ2n) is 5.19. The van der Waals surface area contributed by atoms with Crippen LogP contribution in [0.25, 0.3) is 0 Å². The van der Waals surface area contributed by atoms with Gasteiger partial charge < -0.3 is 0 Å². The summed E-state index contributed by atoms with van der Waals surface area (Å²) < 4.78 is 190. The summed E-state index contributed by atoms with van der Waals surface area (Å²) in [5.41, 5.74) is 0. The van der Waals surface area contributed by atoms with E-state index >= 15 is 0 Å². The maximum Gasteiger partial charge on any atom is 0.460 e. The first kappa shape index (κ1) is 24.9. The van der Waals surface area contributed by atoms with Crippen LogP contribution in [0.1, 0.15) is 26.2 Å². The van der Waals surface area contributed by atoms with E-state index in [1.807, 2.05) is 0 Å². The van der Waals surface area contributed by atoms with Gasteiger partial charge in [-0.1, -0.05) is 6.92 Å². The smallest absolute Gasteiger partial charge is 0.200 e. The van der Waals surface area contributed by atoms with Crippen molar-refractivity contribution in [1.29, 1.82) is 0 Å². The molecule has 0 saturated heterocycles. The van der Waals surface area contributed by atoms with Crippen LogP contribution >= 0.6 is 0 Å². The van der Waals surface area contributed by atoms with Crippen molar-refractivity contribution in [3.05, 3.63) is 0 Å². The number of hydrogen-bond acceptors (Lipinski definition) is 0. The van der Waals surface area contributed by atoms with Crippen molar-refractivity contribution >= 4 is 0 Å². The molecular formula is C11H9F15. The molecule has 0 aromatic carbocycles. The van der Waals surface area contributed by atoms with E-state index in [1.165, 1.54) is 0 Å². The van der Waals surface area contributed by atoms with E-state index in [4.69, 9.17) is 0 Å². The van der Waals surface area contributed by atoms with E-state index in [0.29, 0.717) is 6.92 Å². The predicted octanol–water partition coefficient (Wildman–Crippen LogP) is 6.55. The Hall–Kier alpha value is -1.05. The monoisotopic (exact) mass is 426 g/mol. The average molecular weight is 426 g/mol. The molecule has 0 aliphatic carbocycles. The van der Waals surface area contributed by atoms with Gasteiger partial charge in [0.1, 0.15) is 0 Å². The van der Waals surface area contributed by atoms with E-state index in [1.54, 1.807) is 0 Å². The average Bonchev–Trinajstić information content (AvgIpc) is 2.43. The lowest BCUT2D eigenvalue weighted by Crippen LogP contribution is -2.66. The van der Waals surface area contributed by atoms with Crippen LogP contribution in [0.2, 0.25) is 0 Å². The largest absolute Gasteiger partial charge is 0.460 e. The van der Waals surface area contributed by atoms with Crippen molar-refractivity contribution in [2.24, 2.45) is 0 Å². The zero-order chi connectivity index (χ0) is 21.6. The Kier molecular flexibility index (Phi) is 6.27. The van der Waals surface area contributed by atoms with Crippen LogP contribution in [0.4, 0.5) is 65.9 Å². The Labute approximate surface area is 135 Å². The fourth-order valence-corrected chi connectivity index (χ4v) is 1.52. The molecule has 0 aromatic rings. The Balaban J connectivity index is 5.77. The predicted molar refractivity (Wildman–Crippen MR) is 55.3 cm³/mol. The zero-order valence-corrected chi connectivity index (χ0v) is 12.3. The van der Waals surface area contributed by atoms with Gasteiger partial charge in [-0.3, -0.25) is 0 Å². The van der Waals surface area contributed by atoms with Gasteiger partial charge in [-0.25, -0.2) is 0 Å². The zero-order valence-electron chi connectivity index (χ0n) is 12.3. The molecule has 0 N–H and O–H groups in total. The number of rotatable bonds is 8. The standard InChI is InChI=1S/C11H9F15/c1-2-5(12,13)6(14,15)3-4-7(16,17)8(18,19)9(20,21)10(22,23)11(24,25)26/h2-4H2,1H3. The lowest BCUT2D eigenvalue weighted by molar-refractivity contribution is -0.423. The molecule has 0 fully saturated rings. The highest BCUT2D eigenvalue weighted by molar-refractivity contribution is 5.06. The van der Waals surface area contributed by atoms with Gasteiger partial charge in [-0.15, -0.1) is 0 Å². The molecule has 0 rings (SSSR count). The van der Waals surface area contributed by atoms with Crippen molar-refractivity contribution in [2.75, 3.05) is 0 Å². The third kappa shape index (κ3) is 3.80. The summed E-state index contributed by atoms with van der Waals surface area (Å²) in [6, 6.07) is 0. The Morgan fingerprint density at radius 1 is 0.423 bits per heavy atom. The summed E-state index contributed by atoms with van der Waals surface area (Å²) in [6.07, 6.45) is -15.2. The van der Waals surface area contributed by atoms with Crippen molar-refractivity contribution < 1.29 is 65.9 Å². The highest BCUT2D eigenvalue weighted by atomic mass is 19.4. The first-order valence-corrected chi connectivity index (χ1v) is 6.35. The van der Waals surface area contributed by atoms with Gasteiger partial charge in [-0.05, 0) is 0 Å². The molecule has 26 heavy (non-hydrogen) atoms. The molecule has 0 heterocycles. The number of halogens is 15. The fraction of sp³-hybridized carbons (Fsp3) is 1.00. The van der Waals surface area contributed by atoms with Crippen molar-refractivity contribution in [2.45, 2.75) is 67.9 Å². The van der Waals surface area contributed by atoms with Crippen LogP contribution in [0.3, 0.4) is 0 Å². The summed E-state index contributed by atoms with van der Waals surface area (Å²) in [7, 11) is 0. The molecule has 0 unspecified atom stereocenters. The minimum Gasteiger partial charge on any atom is -0.200 e. The lowest BCUT2D eigenvalue weighted by Gasteiger charge is -2.37. The van der Waals surface area contributed by atoms with Crippen molar-refractivity contribution in [3.8, 4) is 0 Å². The topological polar surface area (TPSA) is 0 Å². The molecule has 158 valence electrons. The van der Waals surface area contributed by atoms with Crippen LogP contribution in [-0.4, -0.2) is 41.7 Å². The highest BCUT2D eigenvalue weighted by Crippen LogP contribution is 2.58. The molecule has 0 atom stereocenters. The van der Waals surface area contributed by atoms with Gasteiger partial charge >= 0.3 is 41.7 Å². The van der Waals surface area contributed by atoms with E-state index in [0.717, 1.165) is 0 Å². The van der Waals surface area contributed by atoms with Crippen molar-refractivity contribution in [3.63, 3.8) is 0 Å². The highest BCUT2D eigenvalue weighted by Gasteiger charge is 2.87. The van der Waals surface area contributed by atoms with Gasteiger partial charge in [0.15, 0.2) is 0 Å². The first-order chi connectivity index (χ1) is 11.0. The molecular weight excluding hydrogens is 417 g/mol. The van der Waals surface area contributed by atoms with E-state index in [2.05, 4.69) is 0 Å². The molecule has 0 radical (unpaired) electrons. The molecule has 0 bridgehead atoms. The molecule has 15 heteroatoms. The maximum atomic E-state index is 13.1. The summed E-state index contributed by atoms with van der Waals surface area (Å²) in [6.45, 7) is 0.429. The quantitative estimate of drug-likeness (QED) is 0.386. The van der Waals surface area contributed by atoms with Gasteiger partial charge in [0.2, 0.25) is 0 Å². The normalized spacial score (nSPS) is 16.2. The summed E-state index contributed by atoms with van der Waals surface area (Å²) >= 11 is 0. The van der Waals surface area contributed by atoms with Crippen LogP contribution in [0, 0.1) is 0 Å². The SMILES string of the molecule is CCC(F)(F)C(F)(F)CCC(F)(F)C(F)(F)C(F)(F)C(F)(F)C(F)(F)F. The maximum absolute atomic E-state index is 13.1. The number of hydrogen-bond donors (Lipinski definition) is 0. The molecule has 0 aromatic heterocycles. The summed E-state index contributed by atoms with van der Waals surface area (Å²) in [5.74, 6) is -40.0. The van der Waals surface area contributed by atoms with Gasteiger partial charge in [0.05, 0.1) is 0 Å². The second kappa shape index (κ2) is 6.53. The molecule has 0 saturated carbocycles. The van der Waals surface area contributed by atoms with E-state index < -0.39 is 61.0 Å².